The van der Waals surface area contributed by atoms with E-state index in [-0.39, 0.29) is 0 Å². The summed E-state index contributed by atoms with van der Waals surface area (Å²) in [5.41, 5.74) is 7.04. The van der Waals surface area contributed by atoms with Crippen LogP contribution in [0.1, 0.15) is 25.7 Å². The van der Waals surface area contributed by atoms with Gasteiger partial charge in [-0.25, -0.2) is 4.98 Å². The van der Waals surface area contributed by atoms with Crippen LogP contribution in [0.15, 0.2) is 12.1 Å². The average molecular weight is 343 g/mol. The maximum Gasteiger partial charge on any atom is 0.228 e. The van der Waals surface area contributed by atoms with Gasteiger partial charge < -0.3 is 25.4 Å². The molecule has 1 saturated heterocycles. The molecular formula is C18H25N5O2. The monoisotopic (exact) mass is 343 g/mol. The standard InChI is InChI=1S/C18H25N5O2/c1-24-15-9-11-13(10-16(15)25-2)21-18(22-17(11)19)23-8-7-20-12-5-3-4-6-14(12)23/h9-10,12,14,20H,3-8H2,1-2H3,(H2,19,21,22). The molecular weight excluding hydrogens is 318 g/mol. The summed E-state index contributed by atoms with van der Waals surface area (Å²) in [5.74, 6) is 2.48. The first-order chi connectivity index (χ1) is 12.2. The maximum atomic E-state index is 6.26. The molecule has 1 aromatic carbocycles. The number of anilines is 2. The Bertz CT molecular complexity index is 780. The predicted molar refractivity (Wildman–Crippen MR) is 98.4 cm³/mol. The van der Waals surface area contributed by atoms with Crippen LogP contribution in [0.5, 0.6) is 11.5 Å². The van der Waals surface area contributed by atoms with Crippen molar-refractivity contribution in [3.63, 3.8) is 0 Å². The van der Waals surface area contributed by atoms with Crippen LogP contribution in [0, 0.1) is 0 Å². The fourth-order valence-corrected chi connectivity index (χ4v) is 4.10. The summed E-state index contributed by atoms with van der Waals surface area (Å²) in [7, 11) is 3.23. The molecule has 134 valence electrons. The normalized spacial score (nSPS) is 23.4. The van der Waals surface area contributed by atoms with E-state index in [4.69, 9.17) is 20.2 Å². The van der Waals surface area contributed by atoms with E-state index < -0.39 is 0 Å². The van der Waals surface area contributed by atoms with Crippen molar-refractivity contribution in [3.05, 3.63) is 12.1 Å². The summed E-state index contributed by atoms with van der Waals surface area (Å²) < 4.78 is 10.8. The van der Waals surface area contributed by atoms with Crippen LogP contribution < -0.4 is 25.4 Å². The Morgan fingerprint density at radius 2 is 1.88 bits per heavy atom. The lowest BCUT2D eigenvalue weighted by atomic mass is 9.88. The number of piperazine rings is 1. The van der Waals surface area contributed by atoms with E-state index in [1.54, 1.807) is 14.2 Å². The van der Waals surface area contributed by atoms with Crippen molar-refractivity contribution in [3.8, 4) is 11.5 Å². The first kappa shape index (κ1) is 16.2. The zero-order valence-corrected chi connectivity index (χ0v) is 14.8. The van der Waals surface area contributed by atoms with E-state index in [9.17, 15) is 0 Å². The second-order valence-electron chi connectivity index (χ2n) is 6.74. The number of nitrogens with zero attached hydrogens (tertiary/aromatic N) is 3. The van der Waals surface area contributed by atoms with Crippen molar-refractivity contribution in [2.24, 2.45) is 0 Å². The number of nitrogens with two attached hydrogens (primary N) is 1. The number of nitrogen functional groups attached to an aromatic ring is 1. The Labute approximate surface area is 147 Å². The Morgan fingerprint density at radius 1 is 1.12 bits per heavy atom. The maximum absolute atomic E-state index is 6.26. The summed E-state index contributed by atoms with van der Waals surface area (Å²) >= 11 is 0. The lowest BCUT2D eigenvalue weighted by Gasteiger charge is -2.44. The van der Waals surface area contributed by atoms with Gasteiger partial charge in [0.25, 0.3) is 0 Å². The Hall–Kier alpha value is -2.28. The van der Waals surface area contributed by atoms with Gasteiger partial charge in [-0.05, 0) is 18.9 Å². The van der Waals surface area contributed by atoms with Crippen LogP contribution in [0.25, 0.3) is 10.9 Å². The van der Waals surface area contributed by atoms with Gasteiger partial charge in [0, 0.05) is 36.6 Å². The highest BCUT2D eigenvalue weighted by Crippen LogP contribution is 2.35. The van der Waals surface area contributed by atoms with E-state index in [2.05, 4.69) is 15.2 Å². The number of fused-ring (bicyclic) bond motifs is 2. The third-order valence-electron chi connectivity index (χ3n) is 5.36. The van der Waals surface area contributed by atoms with Crippen LogP contribution >= 0.6 is 0 Å². The molecule has 2 fully saturated rings. The molecule has 2 aliphatic rings. The van der Waals surface area contributed by atoms with Crippen molar-refractivity contribution in [2.75, 3.05) is 37.9 Å². The number of benzene rings is 1. The summed E-state index contributed by atoms with van der Waals surface area (Å²) in [6.07, 6.45) is 4.94. The Balaban J connectivity index is 1.77. The van der Waals surface area contributed by atoms with Crippen LogP contribution in [-0.4, -0.2) is 49.4 Å². The van der Waals surface area contributed by atoms with Gasteiger partial charge in [-0.3, -0.25) is 0 Å². The minimum absolute atomic E-state index is 0.444. The highest BCUT2D eigenvalue weighted by molar-refractivity contribution is 5.91. The molecule has 2 heterocycles. The molecule has 2 unspecified atom stereocenters. The van der Waals surface area contributed by atoms with E-state index in [1.807, 2.05) is 12.1 Å². The first-order valence-corrected chi connectivity index (χ1v) is 8.90. The van der Waals surface area contributed by atoms with E-state index in [0.717, 1.165) is 29.9 Å². The quantitative estimate of drug-likeness (QED) is 0.881. The molecule has 0 bridgehead atoms. The van der Waals surface area contributed by atoms with Gasteiger partial charge in [-0.2, -0.15) is 4.98 Å². The highest BCUT2D eigenvalue weighted by Gasteiger charge is 2.34. The fourth-order valence-electron chi connectivity index (χ4n) is 4.10. The van der Waals surface area contributed by atoms with Gasteiger partial charge in [0.05, 0.1) is 19.7 Å². The molecule has 7 nitrogen and oxygen atoms in total. The zero-order valence-electron chi connectivity index (χ0n) is 14.8. The molecule has 0 radical (unpaired) electrons. The second-order valence-corrected chi connectivity index (χ2v) is 6.74. The summed E-state index contributed by atoms with van der Waals surface area (Å²) in [4.78, 5) is 11.7. The average Bonchev–Trinajstić information content (AvgIpc) is 2.66. The smallest absolute Gasteiger partial charge is 0.228 e. The van der Waals surface area contributed by atoms with Crippen molar-refractivity contribution in [1.29, 1.82) is 0 Å². The van der Waals surface area contributed by atoms with Gasteiger partial charge >= 0.3 is 0 Å². The lowest BCUT2D eigenvalue weighted by molar-refractivity contribution is 0.282. The van der Waals surface area contributed by atoms with Crippen molar-refractivity contribution >= 4 is 22.7 Å². The number of ether oxygens (including phenoxy) is 2. The largest absolute Gasteiger partial charge is 0.493 e. The van der Waals surface area contributed by atoms with Crippen molar-refractivity contribution < 1.29 is 9.47 Å². The fraction of sp³-hybridized carbons (Fsp3) is 0.556. The third-order valence-corrected chi connectivity index (χ3v) is 5.36. The highest BCUT2D eigenvalue weighted by atomic mass is 16.5. The number of hydrogen-bond donors (Lipinski definition) is 2. The Morgan fingerprint density at radius 3 is 2.68 bits per heavy atom. The number of aromatic nitrogens is 2. The van der Waals surface area contributed by atoms with Crippen LogP contribution in [0.3, 0.4) is 0 Å². The van der Waals surface area contributed by atoms with Crippen LogP contribution in [-0.2, 0) is 0 Å². The van der Waals surface area contributed by atoms with Gasteiger partial charge in [0.1, 0.15) is 5.82 Å². The topological polar surface area (TPSA) is 85.5 Å². The molecule has 2 atom stereocenters. The minimum atomic E-state index is 0.444. The molecule has 1 aliphatic heterocycles. The van der Waals surface area contributed by atoms with Crippen molar-refractivity contribution in [2.45, 2.75) is 37.8 Å². The summed E-state index contributed by atoms with van der Waals surface area (Å²) in [6.45, 7) is 1.85. The van der Waals surface area contributed by atoms with E-state index >= 15 is 0 Å². The van der Waals surface area contributed by atoms with Gasteiger partial charge in [-0.1, -0.05) is 12.8 Å². The molecule has 0 amide bonds. The third kappa shape index (κ3) is 2.82. The van der Waals surface area contributed by atoms with Crippen molar-refractivity contribution in [1.82, 2.24) is 15.3 Å². The molecule has 0 spiro atoms. The van der Waals surface area contributed by atoms with Crippen LogP contribution in [0.2, 0.25) is 0 Å². The molecule has 3 N–H and O–H groups in total. The summed E-state index contributed by atoms with van der Waals surface area (Å²) in [6, 6.07) is 4.68. The van der Waals surface area contributed by atoms with Gasteiger partial charge in [-0.15, -0.1) is 0 Å². The first-order valence-electron chi connectivity index (χ1n) is 8.90. The molecule has 4 rings (SSSR count). The van der Waals surface area contributed by atoms with Gasteiger partial charge in [0.2, 0.25) is 5.95 Å². The van der Waals surface area contributed by atoms with E-state index in [0.29, 0.717) is 29.4 Å². The molecule has 2 aromatic rings. The Kier molecular flexibility index (Phi) is 4.25. The van der Waals surface area contributed by atoms with Gasteiger partial charge in [0.15, 0.2) is 11.5 Å². The summed E-state index contributed by atoms with van der Waals surface area (Å²) in [5, 5.41) is 4.43. The minimum Gasteiger partial charge on any atom is -0.493 e. The zero-order chi connectivity index (χ0) is 17.4. The number of methoxy groups -OCH3 is 2. The van der Waals surface area contributed by atoms with E-state index in [1.165, 1.54) is 25.7 Å². The number of nitrogens with one attached hydrogen (secondary N) is 1. The predicted octanol–water partition coefficient (Wildman–Crippen LogP) is 1.95. The second kappa shape index (κ2) is 6.55. The number of rotatable bonds is 3. The SMILES string of the molecule is COc1cc2nc(N3CCNC4CCCCC43)nc(N)c2cc1OC. The molecule has 7 heteroatoms. The lowest BCUT2D eigenvalue weighted by Crippen LogP contribution is -2.59. The van der Waals surface area contributed by atoms with Crippen LogP contribution in [0.4, 0.5) is 11.8 Å². The molecule has 25 heavy (non-hydrogen) atoms. The molecule has 1 saturated carbocycles. The molecule has 1 aromatic heterocycles. The molecule has 1 aliphatic carbocycles. The number of hydrogen-bond acceptors (Lipinski definition) is 7.